The maximum Gasteiger partial charge on any atom is -0.0354 e. The van der Waals surface area contributed by atoms with E-state index in [1.165, 1.54) is 51.4 Å². The standard InChI is InChI=1S/C15H30/c1-13-7-5-8-14(2)10-12-15(3,4)11-6-9-13/h13-14H,5-12H2,1-4H3. The molecule has 0 aromatic heterocycles. The maximum atomic E-state index is 2.46. The smallest absolute Gasteiger partial charge is 0.0354 e. The van der Waals surface area contributed by atoms with Crippen molar-refractivity contribution < 1.29 is 0 Å². The third-order valence-electron chi connectivity index (χ3n) is 4.26. The molecule has 15 heavy (non-hydrogen) atoms. The van der Waals surface area contributed by atoms with Crippen LogP contribution in [0.1, 0.15) is 79.1 Å². The summed E-state index contributed by atoms with van der Waals surface area (Å²) in [6.07, 6.45) is 11.6. The minimum absolute atomic E-state index is 0.596. The Morgan fingerprint density at radius 2 is 1.27 bits per heavy atom. The first kappa shape index (κ1) is 13.1. The normalized spacial score (nSPS) is 34.4. The first-order valence-corrected chi connectivity index (χ1v) is 6.99. The molecule has 0 aliphatic heterocycles. The Bertz CT molecular complexity index is 169. The van der Waals surface area contributed by atoms with Crippen molar-refractivity contribution >= 4 is 0 Å². The third-order valence-corrected chi connectivity index (χ3v) is 4.26. The van der Waals surface area contributed by atoms with Crippen molar-refractivity contribution in [2.24, 2.45) is 17.3 Å². The van der Waals surface area contributed by atoms with Gasteiger partial charge in [0.25, 0.3) is 0 Å². The molecule has 1 fully saturated rings. The summed E-state index contributed by atoms with van der Waals surface area (Å²) >= 11 is 0. The molecule has 90 valence electrons. The van der Waals surface area contributed by atoms with E-state index >= 15 is 0 Å². The lowest BCUT2D eigenvalue weighted by atomic mass is 9.80. The molecule has 0 nitrogen and oxygen atoms in total. The van der Waals surface area contributed by atoms with E-state index in [4.69, 9.17) is 0 Å². The zero-order valence-electron chi connectivity index (χ0n) is 11.3. The van der Waals surface area contributed by atoms with E-state index in [-0.39, 0.29) is 0 Å². The van der Waals surface area contributed by atoms with Gasteiger partial charge in [-0.1, -0.05) is 66.2 Å². The van der Waals surface area contributed by atoms with Crippen molar-refractivity contribution in [1.29, 1.82) is 0 Å². The highest BCUT2D eigenvalue weighted by Gasteiger charge is 2.20. The van der Waals surface area contributed by atoms with Crippen molar-refractivity contribution in [1.82, 2.24) is 0 Å². The van der Waals surface area contributed by atoms with Gasteiger partial charge in [0.2, 0.25) is 0 Å². The zero-order chi connectivity index (χ0) is 11.3. The predicted octanol–water partition coefficient (Wildman–Crippen LogP) is 5.42. The molecule has 1 rings (SSSR count). The molecule has 0 bridgehead atoms. The van der Waals surface area contributed by atoms with E-state index < -0.39 is 0 Å². The second kappa shape index (κ2) is 5.92. The summed E-state index contributed by atoms with van der Waals surface area (Å²) in [6, 6.07) is 0. The van der Waals surface area contributed by atoms with Crippen molar-refractivity contribution in [3.05, 3.63) is 0 Å². The Morgan fingerprint density at radius 1 is 0.733 bits per heavy atom. The van der Waals surface area contributed by atoms with Gasteiger partial charge in [0.1, 0.15) is 0 Å². The van der Waals surface area contributed by atoms with Crippen molar-refractivity contribution in [2.45, 2.75) is 79.1 Å². The molecule has 1 aliphatic carbocycles. The highest BCUT2D eigenvalue weighted by molar-refractivity contribution is 4.72. The third kappa shape index (κ3) is 5.58. The summed E-state index contributed by atoms with van der Waals surface area (Å²) in [5.41, 5.74) is 0.596. The van der Waals surface area contributed by atoms with Crippen LogP contribution in [-0.2, 0) is 0 Å². The van der Waals surface area contributed by atoms with Gasteiger partial charge in [0.15, 0.2) is 0 Å². The molecular weight excluding hydrogens is 180 g/mol. The lowest BCUT2D eigenvalue weighted by molar-refractivity contribution is 0.265. The van der Waals surface area contributed by atoms with Crippen LogP contribution < -0.4 is 0 Å². The largest absolute Gasteiger partial charge is 0.0625 e. The van der Waals surface area contributed by atoms with Gasteiger partial charge in [0.05, 0.1) is 0 Å². The Morgan fingerprint density at radius 3 is 1.93 bits per heavy atom. The summed E-state index contributed by atoms with van der Waals surface area (Å²) in [5.74, 6) is 1.92. The van der Waals surface area contributed by atoms with Crippen LogP contribution in [0.5, 0.6) is 0 Å². The van der Waals surface area contributed by atoms with E-state index in [1.54, 1.807) is 0 Å². The summed E-state index contributed by atoms with van der Waals surface area (Å²) in [6.45, 7) is 9.80. The molecule has 2 atom stereocenters. The Balaban J connectivity index is 2.45. The summed E-state index contributed by atoms with van der Waals surface area (Å²) in [4.78, 5) is 0. The van der Waals surface area contributed by atoms with E-state index in [2.05, 4.69) is 27.7 Å². The van der Waals surface area contributed by atoms with Crippen LogP contribution in [0.4, 0.5) is 0 Å². The molecule has 1 saturated carbocycles. The minimum atomic E-state index is 0.596. The molecule has 0 heteroatoms. The van der Waals surface area contributed by atoms with Gasteiger partial charge in [-0.15, -0.1) is 0 Å². The van der Waals surface area contributed by atoms with Crippen LogP contribution in [0.3, 0.4) is 0 Å². The van der Waals surface area contributed by atoms with E-state index in [9.17, 15) is 0 Å². The molecule has 0 spiro atoms. The molecule has 0 aromatic rings. The molecule has 0 amide bonds. The average molecular weight is 210 g/mol. The van der Waals surface area contributed by atoms with Crippen LogP contribution in [0, 0.1) is 17.3 Å². The zero-order valence-corrected chi connectivity index (χ0v) is 11.3. The fourth-order valence-corrected chi connectivity index (χ4v) is 2.79. The topological polar surface area (TPSA) is 0 Å². The van der Waals surface area contributed by atoms with Gasteiger partial charge in [0, 0.05) is 0 Å². The lowest BCUT2D eigenvalue weighted by Gasteiger charge is -2.26. The van der Waals surface area contributed by atoms with Crippen molar-refractivity contribution in [3.8, 4) is 0 Å². The molecule has 1 aliphatic rings. The van der Waals surface area contributed by atoms with Gasteiger partial charge in [-0.05, 0) is 30.1 Å². The average Bonchev–Trinajstić information content (AvgIpc) is 2.15. The van der Waals surface area contributed by atoms with Gasteiger partial charge < -0.3 is 0 Å². The summed E-state index contributed by atoms with van der Waals surface area (Å²) < 4.78 is 0. The fraction of sp³-hybridized carbons (Fsp3) is 1.00. The second-order valence-electron chi connectivity index (χ2n) is 6.74. The molecule has 0 N–H and O–H groups in total. The Labute approximate surface area is 96.8 Å². The predicted molar refractivity (Wildman–Crippen MR) is 69.0 cm³/mol. The molecule has 0 aromatic carbocycles. The maximum absolute atomic E-state index is 2.46. The molecular formula is C15H30. The highest BCUT2D eigenvalue weighted by Crippen LogP contribution is 2.33. The van der Waals surface area contributed by atoms with Gasteiger partial charge in [-0.25, -0.2) is 0 Å². The van der Waals surface area contributed by atoms with Gasteiger partial charge in [-0.3, -0.25) is 0 Å². The van der Waals surface area contributed by atoms with Gasteiger partial charge >= 0.3 is 0 Å². The molecule has 0 radical (unpaired) electrons. The molecule has 0 heterocycles. The molecule has 2 unspecified atom stereocenters. The first-order valence-electron chi connectivity index (χ1n) is 6.99. The second-order valence-corrected chi connectivity index (χ2v) is 6.74. The summed E-state index contributed by atoms with van der Waals surface area (Å²) in [7, 11) is 0. The lowest BCUT2D eigenvalue weighted by Crippen LogP contribution is -2.12. The SMILES string of the molecule is CC1CCCC(C)CCC(C)(C)CCC1. The van der Waals surface area contributed by atoms with Crippen molar-refractivity contribution in [3.63, 3.8) is 0 Å². The summed E-state index contributed by atoms with van der Waals surface area (Å²) in [5, 5.41) is 0. The van der Waals surface area contributed by atoms with E-state index in [0.717, 1.165) is 11.8 Å². The fourth-order valence-electron chi connectivity index (χ4n) is 2.79. The first-order chi connectivity index (χ1) is 6.99. The number of hydrogen-bond donors (Lipinski definition) is 0. The number of hydrogen-bond acceptors (Lipinski definition) is 0. The van der Waals surface area contributed by atoms with Crippen LogP contribution >= 0.6 is 0 Å². The van der Waals surface area contributed by atoms with Crippen LogP contribution in [0.15, 0.2) is 0 Å². The van der Waals surface area contributed by atoms with Gasteiger partial charge in [-0.2, -0.15) is 0 Å². The Hall–Kier alpha value is 0. The monoisotopic (exact) mass is 210 g/mol. The van der Waals surface area contributed by atoms with E-state index in [0.29, 0.717) is 5.41 Å². The van der Waals surface area contributed by atoms with Crippen LogP contribution in [0.25, 0.3) is 0 Å². The quantitative estimate of drug-likeness (QED) is 0.501. The van der Waals surface area contributed by atoms with Crippen LogP contribution in [0.2, 0.25) is 0 Å². The van der Waals surface area contributed by atoms with E-state index in [1.807, 2.05) is 0 Å². The van der Waals surface area contributed by atoms with Crippen molar-refractivity contribution in [2.75, 3.05) is 0 Å². The highest BCUT2D eigenvalue weighted by atomic mass is 14.3. The Kier molecular flexibility index (Phi) is 5.15. The van der Waals surface area contributed by atoms with Crippen LogP contribution in [-0.4, -0.2) is 0 Å². The minimum Gasteiger partial charge on any atom is -0.0625 e. The number of rotatable bonds is 0. The molecule has 0 saturated heterocycles.